The highest BCUT2D eigenvalue weighted by Crippen LogP contribution is 2.41. The molecule has 1 rings (SSSR count). The first-order valence-electron chi connectivity index (χ1n) is 8.23. The molecule has 0 spiro atoms. The zero-order chi connectivity index (χ0) is 18.8. The highest BCUT2D eigenvalue weighted by molar-refractivity contribution is 7.87. The lowest BCUT2D eigenvalue weighted by Gasteiger charge is -2.18. The van der Waals surface area contributed by atoms with Gasteiger partial charge < -0.3 is 4.52 Å². The summed E-state index contributed by atoms with van der Waals surface area (Å²) in [5.41, 5.74) is 0.959. The maximum Gasteiger partial charge on any atom is 0.317 e. The molecule has 0 fully saturated rings. The van der Waals surface area contributed by atoms with Crippen LogP contribution >= 0.6 is 7.52 Å². The van der Waals surface area contributed by atoms with E-state index in [9.17, 15) is 13.0 Å². The Labute approximate surface area is 150 Å². The first-order chi connectivity index (χ1) is 11.8. The summed E-state index contributed by atoms with van der Waals surface area (Å²) in [4.78, 5) is 0. The van der Waals surface area contributed by atoms with E-state index in [1.807, 2.05) is 19.1 Å². The molecule has 0 aliphatic rings. The largest absolute Gasteiger partial charge is 0.433 e. The molecule has 0 amide bonds. The normalized spacial score (nSPS) is 14.9. The van der Waals surface area contributed by atoms with Crippen LogP contribution in [-0.2, 0) is 14.8 Å². The number of unbranched alkanes of at least 4 members (excludes halogenated alkanes) is 1. The standard InChI is InChI=1S/C16H28N3O4PS/c1-4-5-9-15(2)14-19-25(21,22)18-12-13-24(20,17-3)23-16-10-7-6-8-11-16/h6-11,18-19H,4-5,12-14H2,1-3H3,(H,17,20)/b15-9+. The van der Waals surface area contributed by atoms with Gasteiger partial charge in [-0.2, -0.15) is 13.1 Å². The summed E-state index contributed by atoms with van der Waals surface area (Å²) >= 11 is 0. The van der Waals surface area contributed by atoms with Crippen molar-refractivity contribution in [3.8, 4) is 5.75 Å². The summed E-state index contributed by atoms with van der Waals surface area (Å²) in [6.45, 7) is 4.19. The first kappa shape index (κ1) is 21.9. The number of hydrogen-bond donors (Lipinski definition) is 3. The molecule has 0 aliphatic carbocycles. The maximum atomic E-state index is 12.6. The van der Waals surface area contributed by atoms with Crippen LogP contribution in [0.15, 0.2) is 42.0 Å². The number of rotatable bonds is 12. The molecule has 0 saturated carbocycles. The number of nitrogens with one attached hydrogen (secondary N) is 3. The minimum atomic E-state index is -3.65. The quantitative estimate of drug-likeness (QED) is 0.377. The monoisotopic (exact) mass is 389 g/mol. The Bertz CT molecular complexity index is 693. The molecule has 1 aromatic carbocycles. The molecule has 9 heteroatoms. The predicted molar refractivity (Wildman–Crippen MR) is 102 cm³/mol. The first-order valence-corrected chi connectivity index (χ1v) is 11.5. The zero-order valence-electron chi connectivity index (χ0n) is 15.0. The molecule has 1 atom stereocenters. The highest BCUT2D eigenvalue weighted by Gasteiger charge is 2.23. The van der Waals surface area contributed by atoms with Gasteiger partial charge in [0.15, 0.2) is 0 Å². The average molecular weight is 389 g/mol. The van der Waals surface area contributed by atoms with Crippen molar-refractivity contribution in [1.29, 1.82) is 0 Å². The van der Waals surface area contributed by atoms with Gasteiger partial charge in [-0.1, -0.05) is 43.2 Å². The van der Waals surface area contributed by atoms with Gasteiger partial charge in [-0.25, -0.2) is 9.81 Å². The fourth-order valence-electron chi connectivity index (χ4n) is 1.90. The molecule has 1 aromatic rings. The Morgan fingerprint density at radius 1 is 1.24 bits per heavy atom. The van der Waals surface area contributed by atoms with Crippen LogP contribution in [-0.4, -0.2) is 34.7 Å². The molecule has 0 saturated heterocycles. The van der Waals surface area contributed by atoms with E-state index in [0.29, 0.717) is 5.75 Å². The van der Waals surface area contributed by atoms with Gasteiger partial charge in [0.2, 0.25) is 0 Å². The van der Waals surface area contributed by atoms with E-state index in [1.165, 1.54) is 7.05 Å². The van der Waals surface area contributed by atoms with E-state index in [1.54, 1.807) is 24.3 Å². The molecule has 1 unspecified atom stereocenters. The lowest BCUT2D eigenvalue weighted by molar-refractivity contribution is 0.471. The van der Waals surface area contributed by atoms with Crippen molar-refractivity contribution >= 4 is 17.7 Å². The second-order valence-corrected chi connectivity index (χ2v) is 9.59. The van der Waals surface area contributed by atoms with Crippen molar-refractivity contribution in [2.75, 3.05) is 26.3 Å². The van der Waals surface area contributed by atoms with Gasteiger partial charge in [0.1, 0.15) is 5.75 Å². The van der Waals surface area contributed by atoms with Gasteiger partial charge >= 0.3 is 7.52 Å². The Morgan fingerprint density at radius 3 is 2.52 bits per heavy atom. The third kappa shape index (κ3) is 9.18. The molecule has 7 nitrogen and oxygen atoms in total. The Kier molecular flexibility index (Phi) is 9.38. The van der Waals surface area contributed by atoms with Gasteiger partial charge in [-0.05, 0) is 32.5 Å². The maximum absolute atomic E-state index is 12.6. The Morgan fingerprint density at radius 2 is 1.92 bits per heavy atom. The topological polar surface area (TPSA) is 96.5 Å². The summed E-state index contributed by atoms with van der Waals surface area (Å²) < 4.78 is 46.8. The molecule has 0 bridgehead atoms. The number of hydrogen-bond acceptors (Lipinski definition) is 4. The Hall–Kier alpha value is -1.18. The fraction of sp³-hybridized carbons (Fsp3) is 0.500. The molecule has 0 aliphatic heterocycles. The van der Waals surface area contributed by atoms with Crippen LogP contribution in [0.3, 0.4) is 0 Å². The molecular weight excluding hydrogens is 361 g/mol. The second kappa shape index (κ2) is 10.7. The molecule has 25 heavy (non-hydrogen) atoms. The van der Waals surface area contributed by atoms with Crippen LogP contribution in [0.2, 0.25) is 0 Å². The van der Waals surface area contributed by atoms with Crippen molar-refractivity contribution < 1.29 is 17.5 Å². The average Bonchev–Trinajstić information content (AvgIpc) is 2.59. The molecule has 3 N–H and O–H groups in total. The van der Waals surface area contributed by atoms with Crippen molar-refractivity contribution in [1.82, 2.24) is 14.5 Å². The van der Waals surface area contributed by atoms with E-state index in [-0.39, 0.29) is 19.3 Å². The number of allylic oxidation sites excluding steroid dienone is 1. The van der Waals surface area contributed by atoms with Gasteiger partial charge in [-0.3, -0.25) is 4.57 Å². The number of para-hydroxylation sites is 1. The van der Waals surface area contributed by atoms with Crippen LogP contribution < -0.4 is 19.1 Å². The van der Waals surface area contributed by atoms with Gasteiger partial charge in [-0.15, -0.1) is 0 Å². The van der Waals surface area contributed by atoms with Gasteiger partial charge in [0.25, 0.3) is 10.2 Å². The minimum Gasteiger partial charge on any atom is -0.433 e. The van der Waals surface area contributed by atoms with Crippen molar-refractivity contribution in [3.63, 3.8) is 0 Å². The lowest BCUT2D eigenvalue weighted by Crippen LogP contribution is -2.39. The third-order valence-corrected chi connectivity index (χ3v) is 6.47. The lowest BCUT2D eigenvalue weighted by atomic mass is 10.2. The second-order valence-electron chi connectivity index (χ2n) is 5.58. The predicted octanol–water partition coefficient (Wildman–Crippen LogP) is 2.65. The SMILES string of the molecule is CCC/C=C(\C)CNS(=O)(=O)NCCP(=O)(NC)Oc1ccccc1. The van der Waals surface area contributed by atoms with Crippen molar-refractivity contribution in [2.45, 2.75) is 26.7 Å². The van der Waals surface area contributed by atoms with Crippen LogP contribution in [0.5, 0.6) is 5.75 Å². The van der Waals surface area contributed by atoms with Crippen LogP contribution in [0.4, 0.5) is 0 Å². The van der Waals surface area contributed by atoms with Gasteiger partial charge in [0, 0.05) is 13.1 Å². The molecule has 0 radical (unpaired) electrons. The summed E-state index contributed by atoms with van der Waals surface area (Å²) in [5.74, 6) is 0.470. The van der Waals surface area contributed by atoms with E-state index in [2.05, 4.69) is 21.5 Å². The van der Waals surface area contributed by atoms with E-state index < -0.39 is 17.7 Å². The Balaban J connectivity index is 2.48. The van der Waals surface area contributed by atoms with E-state index in [0.717, 1.165) is 18.4 Å². The van der Waals surface area contributed by atoms with Gasteiger partial charge in [0.05, 0.1) is 6.16 Å². The van der Waals surface area contributed by atoms with Crippen molar-refractivity contribution in [2.24, 2.45) is 0 Å². The third-order valence-electron chi connectivity index (χ3n) is 3.36. The number of benzene rings is 1. The zero-order valence-corrected chi connectivity index (χ0v) is 16.7. The fourth-order valence-corrected chi connectivity index (χ4v) is 4.22. The minimum absolute atomic E-state index is 0.00198. The summed E-state index contributed by atoms with van der Waals surface area (Å²) in [6.07, 6.45) is 3.97. The van der Waals surface area contributed by atoms with E-state index in [4.69, 9.17) is 4.52 Å². The van der Waals surface area contributed by atoms with Crippen molar-refractivity contribution in [3.05, 3.63) is 42.0 Å². The molecule has 0 heterocycles. The summed E-state index contributed by atoms with van der Waals surface area (Å²) in [7, 11) is -5.30. The molecule has 142 valence electrons. The molecular formula is C16H28N3O4PS. The van der Waals surface area contributed by atoms with Crippen LogP contribution in [0.25, 0.3) is 0 Å². The van der Waals surface area contributed by atoms with E-state index >= 15 is 0 Å². The smallest absolute Gasteiger partial charge is 0.317 e. The molecule has 0 aromatic heterocycles. The summed E-state index contributed by atoms with van der Waals surface area (Å²) in [5, 5.41) is 2.66. The van der Waals surface area contributed by atoms with Crippen LogP contribution in [0, 0.1) is 0 Å². The summed E-state index contributed by atoms with van der Waals surface area (Å²) in [6, 6.07) is 8.77. The van der Waals surface area contributed by atoms with Crippen LogP contribution in [0.1, 0.15) is 26.7 Å². The highest BCUT2D eigenvalue weighted by atomic mass is 32.2.